The molecule has 1 aliphatic rings. The highest BCUT2D eigenvalue weighted by Gasteiger charge is 2.26. The number of rotatable bonds is 7. The van der Waals surface area contributed by atoms with Gasteiger partial charge in [-0.1, -0.05) is 6.42 Å². The largest absolute Gasteiger partial charge is 0.494 e. The van der Waals surface area contributed by atoms with Crippen LogP contribution in [0.3, 0.4) is 0 Å². The molecule has 24 heavy (non-hydrogen) atoms. The minimum atomic E-state index is -3.39. The van der Waals surface area contributed by atoms with E-state index in [0.29, 0.717) is 23.5 Å². The molecule has 1 amide bonds. The van der Waals surface area contributed by atoms with E-state index in [1.807, 2.05) is 0 Å². The summed E-state index contributed by atoms with van der Waals surface area (Å²) in [5, 5.41) is 2.82. The molecule has 0 saturated heterocycles. The molecule has 8 heteroatoms. The Labute approximate surface area is 143 Å². The summed E-state index contributed by atoms with van der Waals surface area (Å²) in [5.74, 6) is 0.447. The Kier molecular flexibility index (Phi) is 6.06. The smallest absolute Gasteiger partial charge is 0.232 e. The zero-order valence-electron chi connectivity index (χ0n) is 14.0. The third-order valence-corrected chi connectivity index (χ3v) is 5.59. The van der Waals surface area contributed by atoms with E-state index in [1.165, 1.54) is 7.11 Å². The summed E-state index contributed by atoms with van der Waals surface area (Å²) in [6.07, 6.45) is 3.42. The summed E-state index contributed by atoms with van der Waals surface area (Å²) >= 11 is 0. The van der Waals surface area contributed by atoms with Crippen molar-refractivity contribution in [2.45, 2.75) is 38.6 Å². The number of benzene rings is 1. The standard InChI is InChI=1S/C16H25N3O4S/c1-3-24(21,22)19-14-8-7-12(10-15(14)23-2)18-16(20)9-11-5-4-6-13(11)17/h7-8,10-11,13,19H,3-6,9,17H2,1-2H3,(H,18,20)/t11-,13+/m0/s1. The number of sulfonamides is 1. The Balaban J connectivity index is 2.04. The van der Waals surface area contributed by atoms with E-state index in [1.54, 1.807) is 25.1 Å². The second-order valence-electron chi connectivity index (χ2n) is 6.03. The first kappa shape index (κ1) is 18.5. The molecule has 1 aliphatic carbocycles. The molecule has 1 aromatic rings. The van der Waals surface area contributed by atoms with Crippen LogP contribution < -0.4 is 20.5 Å². The van der Waals surface area contributed by atoms with Gasteiger partial charge in [-0.3, -0.25) is 9.52 Å². The highest BCUT2D eigenvalue weighted by molar-refractivity contribution is 7.92. The van der Waals surface area contributed by atoms with E-state index >= 15 is 0 Å². The molecule has 0 unspecified atom stereocenters. The number of hydrogen-bond acceptors (Lipinski definition) is 5. The maximum absolute atomic E-state index is 12.2. The quantitative estimate of drug-likeness (QED) is 0.692. The zero-order valence-corrected chi connectivity index (χ0v) is 14.9. The maximum Gasteiger partial charge on any atom is 0.232 e. The molecule has 0 heterocycles. The van der Waals surface area contributed by atoms with Crippen molar-refractivity contribution in [3.8, 4) is 5.75 Å². The molecule has 0 spiro atoms. The first-order valence-corrected chi connectivity index (χ1v) is 9.74. The third kappa shape index (κ3) is 4.85. The fourth-order valence-corrected chi connectivity index (χ4v) is 3.51. The predicted octanol–water partition coefficient (Wildman–Crippen LogP) is 1.91. The highest BCUT2D eigenvalue weighted by Crippen LogP contribution is 2.30. The minimum absolute atomic E-state index is 0.0315. The lowest BCUT2D eigenvalue weighted by atomic mass is 10.00. The van der Waals surface area contributed by atoms with E-state index in [9.17, 15) is 13.2 Å². The topological polar surface area (TPSA) is 111 Å². The van der Waals surface area contributed by atoms with Gasteiger partial charge in [-0.05, 0) is 37.8 Å². The molecular formula is C16H25N3O4S. The first-order chi connectivity index (χ1) is 11.3. The van der Waals surface area contributed by atoms with Gasteiger partial charge in [0.15, 0.2) is 0 Å². The number of ether oxygens (including phenoxy) is 1. The van der Waals surface area contributed by atoms with Crippen LogP contribution >= 0.6 is 0 Å². The van der Waals surface area contributed by atoms with Gasteiger partial charge in [0.2, 0.25) is 15.9 Å². The van der Waals surface area contributed by atoms with E-state index in [-0.39, 0.29) is 23.6 Å². The van der Waals surface area contributed by atoms with Gasteiger partial charge < -0.3 is 15.8 Å². The minimum Gasteiger partial charge on any atom is -0.494 e. The van der Waals surface area contributed by atoms with E-state index in [2.05, 4.69) is 10.0 Å². The molecule has 1 saturated carbocycles. The number of amides is 1. The molecule has 0 radical (unpaired) electrons. The molecule has 0 aromatic heterocycles. The van der Waals surface area contributed by atoms with Crippen LogP contribution in [0.4, 0.5) is 11.4 Å². The Morgan fingerprint density at radius 2 is 2.12 bits per heavy atom. The van der Waals surface area contributed by atoms with Crippen molar-refractivity contribution in [3.05, 3.63) is 18.2 Å². The normalized spacial score (nSPS) is 20.6. The number of methoxy groups -OCH3 is 1. The van der Waals surface area contributed by atoms with Crippen molar-refractivity contribution in [2.75, 3.05) is 22.9 Å². The molecule has 2 atom stereocenters. The van der Waals surface area contributed by atoms with Crippen LogP contribution in [0.5, 0.6) is 5.75 Å². The van der Waals surface area contributed by atoms with Gasteiger partial charge in [0.25, 0.3) is 0 Å². The molecule has 7 nitrogen and oxygen atoms in total. The fraction of sp³-hybridized carbons (Fsp3) is 0.562. The predicted molar refractivity (Wildman–Crippen MR) is 94.6 cm³/mol. The summed E-state index contributed by atoms with van der Waals surface area (Å²) in [6, 6.07) is 4.90. The summed E-state index contributed by atoms with van der Waals surface area (Å²) in [5.41, 5.74) is 6.89. The van der Waals surface area contributed by atoms with E-state index in [4.69, 9.17) is 10.5 Å². The monoisotopic (exact) mass is 355 g/mol. The number of carbonyl (C=O) groups excluding carboxylic acids is 1. The van der Waals surface area contributed by atoms with Crippen LogP contribution in [0.15, 0.2) is 18.2 Å². The number of anilines is 2. The van der Waals surface area contributed by atoms with Gasteiger partial charge in [-0.15, -0.1) is 0 Å². The molecule has 4 N–H and O–H groups in total. The van der Waals surface area contributed by atoms with Crippen molar-refractivity contribution in [2.24, 2.45) is 11.7 Å². The Bertz CT molecular complexity index is 691. The number of hydrogen-bond donors (Lipinski definition) is 3. The highest BCUT2D eigenvalue weighted by atomic mass is 32.2. The molecule has 1 fully saturated rings. The maximum atomic E-state index is 12.2. The van der Waals surface area contributed by atoms with Gasteiger partial charge in [0.05, 0.1) is 18.6 Å². The van der Waals surface area contributed by atoms with Crippen molar-refractivity contribution < 1.29 is 17.9 Å². The van der Waals surface area contributed by atoms with Crippen LogP contribution in [0.25, 0.3) is 0 Å². The number of nitrogens with one attached hydrogen (secondary N) is 2. The third-order valence-electron chi connectivity index (χ3n) is 4.30. The molecular weight excluding hydrogens is 330 g/mol. The lowest BCUT2D eigenvalue weighted by Gasteiger charge is -2.16. The van der Waals surface area contributed by atoms with Gasteiger partial charge >= 0.3 is 0 Å². The Morgan fingerprint density at radius 1 is 1.38 bits per heavy atom. The molecule has 2 rings (SSSR count). The van der Waals surface area contributed by atoms with Crippen LogP contribution in [-0.2, 0) is 14.8 Å². The number of nitrogens with two attached hydrogens (primary N) is 1. The average molecular weight is 355 g/mol. The van der Waals surface area contributed by atoms with Crippen molar-refractivity contribution >= 4 is 27.3 Å². The second-order valence-corrected chi connectivity index (χ2v) is 8.04. The van der Waals surface area contributed by atoms with Gasteiger partial charge in [-0.2, -0.15) is 0 Å². The lowest BCUT2D eigenvalue weighted by Crippen LogP contribution is -2.28. The Hall–Kier alpha value is -1.80. The van der Waals surface area contributed by atoms with Crippen LogP contribution in [-0.4, -0.2) is 33.2 Å². The molecule has 134 valence electrons. The van der Waals surface area contributed by atoms with Crippen molar-refractivity contribution in [3.63, 3.8) is 0 Å². The van der Waals surface area contributed by atoms with Gasteiger partial charge in [0.1, 0.15) is 5.75 Å². The summed E-state index contributed by atoms with van der Waals surface area (Å²) < 4.78 is 31.0. The van der Waals surface area contributed by atoms with Crippen LogP contribution in [0, 0.1) is 5.92 Å². The fourth-order valence-electron chi connectivity index (χ4n) is 2.86. The zero-order chi connectivity index (χ0) is 17.7. The van der Waals surface area contributed by atoms with Gasteiger partial charge in [0, 0.05) is 24.2 Å². The second kappa shape index (κ2) is 7.85. The lowest BCUT2D eigenvalue weighted by molar-refractivity contribution is -0.117. The molecule has 0 bridgehead atoms. The summed E-state index contributed by atoms with van der Waals surface area (Å²) in [6.45, 7) is 1.55. The SMILES string of the molecule is CCS(=O)(=O)Nc1ccc(NC(=O)C[C@@H]2CCC[C@H]2N)cc1OC. The van der Waals surface area contributed by atoms with Gasteiger partial charge in [-0.25, -0.2) is 8.42 Å². The number of carbonyl (C=O) groups is 1. The van der Waals surface area contributed by atoms with Crippen molar-refractivity contribution in [1.29, 1.82) is 0 Å². The molecule has 0 aliphatic heterocycles. The Morgan fingerprint density at radius 3 is 2.71 bits per heavy atom. The van der Waals surface area contributed by atoms with Crippen molar-refractivity contribution in [1.82, 2.24) is 0 Å². The summed E-state index contributed by atoms with van der Waals surface area (Å²) in [4.78, 5) is 12.2. The van der Waals surface area contributed by atoms with E-state index < -0.39 is 10.0 Å². The first-order valence-electron chi connectivity index (χ1n) is 8.08. The van der Waals surface area contributed by atoms with Crippen LogP contribution in [0.1, 0.15) is 32.6 Å². The van der Waals surface area contributed by atoms with E-state index in [0.717, 1.165) is 19.3 Å². The molecule has 1 aromatic carbocycles. The van der Waals surface area contributed by atoms with Crippen LogP contribution in [0.2, 0.25) is 0 Å². The summed E-state index contributed by atoms with van der Waals surface area (Å²) in [7, 11) is -1.95. The average Bonchev–Trinajstić information content (AvgIpc) is 2.93.